The highest BCUT2D eigenvalue weighted by Gasteiger charge is 2.12. The van der Waals surface area contributed by atoms with Gasteiger partial charge in [0.25, 0.3) is 0 Å². The van der Waals surface area contributed by atoms with Crippen LogP contribution in [0.2, 0.25) is 0 Å². The van der Waals surface area contributed by atoms with Crippen molar-refractivity contribution in [3.05, 3.63) is 0 Å². The Morgan fingerprint density at radius 2 is 1.85 bits per heavy atom. The van der Waals surface area contributed by atoms with Crippen LogP contribution < -0.4 is 16.4 Å². The molecular weight excluding hydrogens is 258 g/mol. The van der Waals surface area contributed by atoms with E-state index in [1.165, 1.54) is 0 Å². The van der Waals surface area contributed by atoms with Crippen LogP contribution in [0.4, 0.5) is 0 Å². The summed E-state index contributed by atoms with van der Waals surface area (Å²) < 4.78 is 4.98. The van der Waals surface area contributed by atoms with E-state index in [0.717, 1.165) is 45.3 Å². The Morgan fingerprint density at radius 1 is 1.15 bits per heavy atom. The van der Waals surface area contributed by atoms with Crippen molar-refractivity contribution in [2.24, 2.45) is 5.73 Å². The summed E-state index contributed by atoms with van der Waals surface area (Å²) in [5, 5.41) is 5.99. The molecule has 0 spiro atoms. The summed E-state index contributed by atoms with van der Waals surface area (Å²) >= 11 is 0. The van der Waals surface area contributed by atoms with Crippen molar-refractivity contribution < 1.29 is 14.3 Å². The molecule has 1 amide bonds. The summed E-state index contributed by atoms with van der Waals surface area (Å²) in [6.07, 6.45) is 4.57. The van der Waals surface area contributed by atoms with Crippen molar-refractivity contribution >= 4 is 11.7 Å². The fourth-order valence-corrected chi connectivity index (χ4v) is 1.87. The maximum Gasteiger partial charge on any atom is 0.233 e. The van der Waals surface area contributed by atoms with E-state index in [1.807, 2.05) is 0 Å². The van der Waals surface area contributed by atoms with Gasteiger partial charge in [-0.25, -0.2) is 0 Å². The van der Waals surface area contributed by atoms with Crippen LogP contribution in [0.25, 0.3) is 0 Å². The lowest BCUT2D eigenvalue weighted by Crippen LogP contribution is -2.36. The van der Waals surface area contributed by atoms with Crippen LogP contribution in [0.15, 0.2) is 0 Å². The summed E-state index contributed by atoms with van der Waals surface area (Å²) in [6, 6.07) is -0.0808. The molecule has 0 aliphatic heterocycles. The lowest BCUT2D eigenvalue weighted by Gasteiger charge is -2.15. The molecule has 0 radical (unpaired) electrons. The molecule has 20 heavy (non-hydrogen) atoms. The molecule has 6 nitrogen and oxygen atoms in total. The second kappa shape index (κ2) is 13.0. The fourth-order valence-electron chi connectivity index (χ4n) is 1.87. The first kappa shape index (κ1) is 19.0. The maximum absolute atomic E-state index is 11.5. The van der Waals surface area contributed by atoms with Crippen molar-refractivity contribution in [3.63, 3.8) is 0 Å². The van der Waals surface area contributed by atoms with Crippen LogP contribution in [0.1, 0.15) is 39.0 Å². The molecule has 0 bridgehead atoms. The first-order valence-corrected chi connectivity index (χ1v) is 7.31. The number of ketones is 1. The van der Waals surface area contributed by atoms with E-state index in [-0.39, 0.29) is 24.3 Å². The third-order valence-corrected chi connectivity index (χ3v) is 3.08. The Bertz CT molecular complexity index is 272. The largest absolute Gasteiger partial charge is 0.385 e. The van der Waals surface area contributed by atoms with Gasteiger partial charge in [-0.2, -0.15) is 0 Å². The van der Waals surface area contributed by atoms with E-state index in [9.17, 15) is 9.59 Å². The summed E-state index contributed by atoms with van der Waals surface area (Å²) in [5.41, 5.74) is 5.19. The number of hydrogen-bond donors (Lipinski definition) is 3. The molecule has 0 saturated heterocycles. The minimum absolute atomic E-state index is 0.0269. The Kier molecular flexibility index (Phi) is 12.4. The van der Waals surface area contributed by atoms with E-state index >= 15 is 0 Å². The fraction of sp³-hybridized carbons (Fsp3) is 0.857. The maximum atomic E-state index is 11.5. The molecule has 6 heteroatoms. The van der Waals surface area contributed by atoms with Crippen LogP contribution in [0.3, 0.4) is 0 Å². The average molecular weight is 287 g/mol. The zero-order valence-corrected chi connectivity index (χ0v) is 12.7. The zero-order valence-electron chi connectivity index (χ0n) is 12.7. The molecule has 0 fully saturated rings. The van der Waals surface area contributed by atoms with Gasteiger partial charge < -0.3 is 21.1 Å². The van der Waals surface area contributed by atoms with Gasteiger partial charge in [0, 0.05) is 20.3 Å². The van der Waals surface area contributed by atoms with Gasteiger partial charge in [0.2, 0.25) is 5.91 Å². The minimum atomic E-state index is -0.135. The molecule has 0 aliphatic carbocycles. The lowest BCUT2D eigenvalue weighted by atomic mass is 10.1. The molecule has 0 heterocycles. The van der Waals surface area contributed by atoms with Crippen molar-refractivity contribution in [2.75, 3.05) is 33.4 Å². The number of amides is 1. The Morgan fingerprint density at radius 3 is 2.45 bits per heavy atom. The van der Waals surface area contributed by atoms with Gasteiger partial charge in [-0.05, 0) is 45.6 Å². The molecule has 0 rings (SSSR count). The molecule has 4 N–H and O–H groups in total. The van der Waals surface area contributed by atoms with Gasteiger partial charge in [-0.3, -0.25) is 9.59 Å². The van der Waals surface area contributed by atoms with Crippen LogP contribution in [-0.4, -0.2) is 51.1 Å². The summed E-state index contributed by atoms with van der Waals surface area (Å²) in [4.78, 5) is 22.4. The first-order chi connectivity index (χ1) is 9.61. The van der Waals surface area contributed by atoms with Gasteiger partial charge in [0.05, 0.1) is 12.6 Å². The van der Waals surface area contributed by atoms with E-state index in [0.29, 0.717) is 6.54 Å². The number of carbonyl (C=O) groups excluding carboxylic acids is 2. The first-order valence-electron chi connectivity index (χ1n) is 7.31. The van der Waals surface area contributed by atoms with Crippen molar-refractivity contribution in [3.8, 4) is 0 Å². The topological polar surface area (TPSA) is 93.4 Å². The highest BCUT2D eigenvalue weighted by atomic mass is 16.5. The molecule has 1 atom stereocenters. The van der Waals surface area contributed by atoms with Crippen LogP contribution >= 0.6 is 0 Å². The number of rotatable bonds is 13. The molecule has 0 aliphatic rings. The number of hydrogen-bond acceptors (Lipinski definition) is 5. The number of methoxy groups -OCH3 is 1. The van der Waals surface area contributed by atoms with E-state index in [4.69, 9.17) is 10.5 Å². The second-order valence-electron chi connectivity index (χ2n) is 4.87. The van der Waals surface area contributed by atoms with Crippen LogP contribution in [0.5, 0.6) is 0 Å². The van der Waals surface area contributed by atoms with Gasteiger partial charge >= 0.3 is 0 Å². The Balaban J connectivity index is 3.64. The minimum Gasteiger partial charge on any atom is -0.385 e. The SMILES string of the molecule is COCCCCNC(CCCCNC(=O)CN)C(C)=O. The third kappa shape index (κ3) is 10.9. The lowest BCUT2D eigenvalue weighted by molar-refractivity contribution is -0.120. The van der Waals surface area contributed by atoms with E-state index in [1.54, 1.807) is 14.0 Å². The number of Topliss-reactive ketones (excluding diaryl/α,β-unsaturated/α-hetero) is 1. The average Bonchev–Trinajstić information content (AvgIpc) is 2.43. The highest BCUT2D eigenvalue weighted by molar-refractivity contribution is 5.81. The molecule has 1 unspecified atom stereocenters. The van der Waals surface area contributed by atoms with Gasteiger partial charge in [0.15, 0.2) is 0 Å². The number of ether oxygens (including phenoxy) is 1. The molecule has 0 saturated carbocycles. The third-order valence-electron chi connectivity index (χ3n) is 3.08. The number of nitrogens with one attached hydrogen (secondary N) is 2. The summed E-state index contributed by atoms with van der Waals surface area (Å²) in [7, 11) is 1.69. The molecular formula is C14H29N3O3. The van der Waals surface area contributed by atoms with Crippen LogP contribution in [0, 0.1) is 0 Å². The smallest absolute Gasteiger partial charge is 0.233 e. The standard InChI is InChI=1S/C14H29N3O3/c1-12(18)13(16-8-5-6-10-20-2)7-3-4-9-17-14(19)11-15/h13,16H,3-11,15H2,1-2H3,(H,17,19). The van der Waals surface area contributed by atoms with Crippen molar-refractivity contribution in [1.82, 2.24) is 10.6 Å². The van der Waals surface area contributed by atoms with Crippen LogP contribution in [-0.2, 0) is 14.3 Å². The second-order valence-corrected chi connectivity index (χ2v) is 4.87. The number of unbranched alkanes of at least 4 members (excludes halogenated alkanes) is 2. The normalized spacial score (nSPS) is 12.2. The van der Waals surface area contributed by atoms with Crippen molar-refractivity contribution in [1.29, 1.82) is 0 Å². The zero-order chi connectivity index (χ0) is 15.2. The number of carbonyl (C=O) groups is 2. The van der Waals surface area contributed by atoms with Crippen molar-refractivity contribution in [2.45, 2.75) is 45.1 Å². The molecule has 0 aromatic rings. The Labute approximate surface area is 121 Å². The quantitative estimate of drug-likeness (QED) is 0.421. The molecule has 0 aromatic heterocycles. The van der Waals surface area contributed by atoms with Gasteiger partial charge in [-0.1, -0.05) is 0 Å². The predicted molar refractivity (Wildman–Crippen MR) is 79.5 cm³/mol. The highest BCUT2D eigenvalue weighted by Crippen LogP contribution is 2.02. The van der Waals surface area contributed by atoms with E-state index in [2.05, 4.69) is 10.6 Å². The predicted octanol–water partition coefficient (Wildman–Crippen LogP) is 0.205. The molecule has 118 valence electrons. The van der Waals surface area contributed by atoms with Gasteiger partial charge in [-0.15, -0.1) is 0 Å². The number of nitrogens with two attached hydrogens (primary N) is 1. The molecule has 0 aromatic carbocycles. The summed E-state index contributed by atoms with van der Waals surface area (Å²) in [5.74, 6) is 0.0344. The monoisotopic (exact) mass is 287 g/mol. The van der Waals surface area contributed by atoms with Gasteiger partial charge in [0.1, 0.15) is 5.78 Å². The Hall–Kier alpha value is -0.980. The summed E-state index contributed by atoms with van der Waals surface area (Å²) in [6.45, 7) is 3.85. The van der Waals surface area contributed by atoms with E-state index < -0.39 is 0 Å².